The quantitative estimate of drug-likeness (QED) is 0.716. The zero-order chi connectivity index (χ0) is 15.2. The molecule has 3 fully saturated rings. The molecule has 0 aromatic heterocycles. The highest BCUT2D eigenvalue weighted by Gasteiger charge is 2.56. The Balaban J connectivity index is 0.00000176. The lowest BCUT2D eigenvalue weighted by Crippen LogP contribution is -2.50. The van der Waals surface area contributed by atoms with Crippen molar-refractivity contribution < 1.29 is 14.4 Å². The highest BCUT2D eigenvalue weighted by atomic mass is 35.5. The summed E-state index contributed by atoms with van der Waals surface area (Å²) in [4.78, 5) is 39.5. The molecule has 3 aliphatic rings. The number of hydrogen-bond donors (Lipinski definition) is 2. The topological polar surface area (TPSA) is 95.7 Å². The number of nitrogens with two attached hydrogens (primary N) is 1. The number of halogens is 1. The highest BCUT2D eigenvalue weighted by molar-refractivity contribution is 6.09. The largest absolute Gasteiger partial charge is 0.340 e. The minimum atomic E-state index is -0.824. The summed E-state index contributed by atoms with van der Waals surface area (Å²) >= 11 is 0. The molecule has 3 N–H and O–H groups in total. The first kappa shape index (κ1) is 17.0. The van der Waals surface area contributed by atoms with Gasteiger partial charge in [0.05, 0.1) is 0 Å². The standard InChI is InChI=1S/C14H22N4O3.ClH/c1-14(9-4-5-9)12(20)18(13(21)16-14)8-11(19)17-6-2-3-10(15)7-17;/h9-10H,2-8,15H2,1H3,(H,16,21);1H. The molecule has 0 radical (unpaired) electrons. The van der Waals surface area contributed by atoms with E-state index in [2.05, 4.69) is 5.32 Å². The average Bonchev–Trinajstić information content (AvgIpc) is 3.25. The Kier molecular flexibility index (Phi) is 4.67. The van der Waals surface area contributed by atoms with Gasteiger partial charge in [-0.2, -0.15) is 0 Å². The molecule has 1 saturated carbocycles. The second kappa shape index (κ2) is 6.04. The minimum absolute atomic E-state index is 0. The van der Waals surface area contributed by atoms with Gasteiger partial charge in [-0.15, -0.1) is 12.4 Å². The zero-order valence-corrected chi connectivity index (χ0v) is 13.5. The fraction of sp³-hybridized carbons (Fsp3) is 0.786. The molecule has 4 amide bonds. The fourth-order valence-electron chi connectivity index (χ4n) is 3.27. The molecule has 2 atom stereocenters. The normalized spacial score (nSPS) is 31.8. The summed E-state index contributed by atoms with van der Waals surface area (Å²) in [6.07, 6.45) is 3.68. The Morgan fingerprint density at radius 2 is 2.05 bits per heavy atom. The van der Waals surface area contributed by atoms with Crippen molar-refractivity contribution in [3.8, 4) is 0 Å². The molecule has 8 heteroatoms. The number of urea groups is 1. The number of nitrogens with one attached hydrogen (secondary N) is 1. The van der Waals surface area contributed by atoms with Gasteiger partial charge in [-0.3, -0.25) is 14.5 Å². The van der Waals surface area contributed by atoms with Crippen molar-refractivity contribution >= 4 is 30.3 Å². The number of piperidine rings is 1. The molecule has 0 bridgehead atoms. The molecule has 1 aliphatic carbocycles. The van der Waals surface area contributed by atoms with Crippen LogP contribution in [0.5, 0.6) is 0 Å². The molecule has 22 heavy (non-hydrogen) atoms. The Morgan fingerprint density at radius 3 is 2.64 bits per heavy atom. The highest BCUT2D eigenvalue weighted by Crippen LogP contribution is 2.42. The van der Waals surface area contributed by atoms with Crippen LogP contribution in [0.25, 0.3) is 0 Å². The van der Waals surface area contributed by atoms with Crippen molar-refractivity contribution in [2.24, 2.45) is 11.7 Å². The third-order valence-electron chi connectivity index (χ3n) is 4.80. The molecule has 2 saturated heterocycles. The maximum Gasteiger partial charge on any atom is 0.325 e. The monoisotopic (exact) mass is 330 g/mol. The Morgan fingerprint density at radius 1 is 1.36 bits per heavy atom. The van der Waals surface area contributed by atoms with Crippen LogP contribution < -0.4 is 11.1 Å². The molecule has 7 nitrogen and oxygen atoms in total. The van der Waals surface area contributed by atoms with Crippen molar-refractivity contribution in [1.29, 1.82) is 0 Å². The van der Waals surface area contributed by atoms with Gasteiger partial charge in [0.1, 0.15) is 12.1 Å². The number of rotatable bonds is 3. The molecule has 0 spiro atoms. The number of hydrogen-bond acceptors (Lipinski definition) is 4. The lowest BCUT2D eigenvalue weighted by molar-refractivity contribution is -0.139. The van der Waals surface area contributed by atoms with E-state index in [1.165, 1.54) is 0 Å². The van der Waals surface area contributed by atoms with E-state index in [0.29, 0.717) is 13.1 Å². The smallest absolute Gasteiger partial charge is 0.325 e. The van der Waals surface area contributed by atoms with E-state index in [-0.39, 0.29) is 42.7 Å². The summed E-state index contributed by atoms with van der Waals surface area (Å²) in [6.45, 7) is 2.73. The van der Waals surface area contributed by atoms with Crippen LogP contribution in [0.4, 0.5) is 4.79 Å². The third kappa shape index (κ3) is 2.92. The van der Waals surface area contributed by atoms with Crippen LogP contribution in [-0.4, -0.2) is 58.9 Å². The predicted octanol–water partition coefficient (Wildman–Crippen LogP) is 0.0784. The molecular formula is C14H23ClN4O3. The lowest BCUT2D eigenvalue weighted by Gasteiger charge is -2.31. The zero-order valence-electron chi connectivity index (χ0n) is 12.7. The minimum Gasteiger partial charge on any atom is -0.340 e. The molecule has 2 heterocycles. The number of nitrogens with zero attached hydrogens (tertiary/aromatic N) is 2. The molecule has 0 aromatic rings. The Bertz CT molecular complexity index is 496. The van der Waals surface area contributed by atoms with Gasteiger partial charge in [0.2, 0.25) is 5.91 Å². The summed E-state index contributed by atoms with van der Waals surface area (Å²) in [6, 6.07) is -0.466. The molecule has 0 aromatic carbocycles. The van der Waals surface area contributed by atoms with E-state index >= 15 is 0 Å². The number of amides is 4. The summed E-state index contributed by atoms with van der Waals surface area (Å²) in [5, 5.41) is 2.75. The van der Waals surface area contributed by atoms with Gasteiger partial charge in [0, 0.05) is 19.1 Å². The van der Waals surface area contributed by atoms with Crippen LogP contribution in [-0.2, 0) is 9.59 Å². The maximum atomic E-state index is 12.4. The molecule has 124 valence electrons. The number of carbonyl (C=O) groups is 3. The van der Waals surface area contributed by atoms with Crippen molar-refractivity contribution in [3.05, 3.63) is 0 Å². The van der Waals surface area contributed by atoms with Gasteiger partial charge < -0.3 is 16.0 Å². The summed E-state index contributed by atoms with van der Waals surface area (Å²) in [5.74, 6) is -0.268. The van der Waals surface area contributed by atoms with Crippen molar-refractivity contribution in [2.75, 3.05) is 19.6 Å². The van der Waals surface area contributed by atoms with Crippen LogP contribution in [0.3, 0.4) is 0 Å². The average molecular weight is 331 g/mol. The van der Waals surface area contributed by atoms with Gasteiger partial charge in [-0.25, -0.2) is 4.79 Å². The Labute approximate surface area is 136 Å². The van der Waals surface area contributed by atoms with Crippen LogP contribution >= 0.6 is 12.4 Å². The fourth-order valence-corrected chi connectivity index (χ4v) is 3.27. The van der Waals surface area contributed by atoms with E-state index in [0.717, 1.165) is 30.6 Å². The Hall–Kier alpha value is -1.34. The SMILES string of the molecule is CC1(C2CC2)NC(=O)N(CC(=O)N2CCCC(N)C2)C1=O.Cl. The first-order valence-electron chi connectivity index (χ1n) is 7.59. The second-order valence-corrected chi connectivity index (χ2v) is 6.54. The summed E-state index contributed by atoms with van der Waals surface area (Å²) in [5.41, 5.74) is 5.04. The molecular weight excluding hydrogens is 308 g/mol. The van der Waals surface area contributed by atoms with Crippen molar-refractivity contribution in [2.45, 2.75) is 44.2 Å². The van der Waals surface area contributed by atoms with Crippen LogP contribution in [0.1, 0.15) is 32.6 Å². The van der Waals surface area contributed by atoms with E-state index in [4.69, 9.17) is 5.73 Å². The van der Waals surface area contributed by atoms with E-state index in [9.17, 15) is 14.4 Å². The summed E-state index contributed by atoms with van der Waals surface area (Å²) < 4.78 is 0. The van der Waals surface area contributed by atoms with Gasteiger partial charge in [-0.05, 0) is 38.5 Å². The first-order valence-corrected chi connectivity index (χ1v) is 7.59. The first-order chi connectivity index (χ1) is 9.91. The number of imide groups is 1. The van der Waals surface area contributed by atoms with E-state index in [1.807, 2.05) is 0 Å². The van der Waals surface area contributed by atoms with Crippen molar-refractivity contribution in [3.63, 3.8) is 0 Å². The van der Waals surface area contributed by atoms with E-state index in [1.54, 1.807) is 11.8 Å². The maximum absolute atomic E-state index is 12.4. The van der Waals surface area contributed by atoms with Crippen LogP contribution in [0.2, 0.25) is 0 Å². The molecule has 3 rings (SSSR count). The van der Waals surface area contributed by atoms with Gasteiger partial charge in [0.15, 0.2) is 0 Å². The molecule has 2 aliphatic heterocycles. The summed E-state index contributed by atoms with van der Waals surface area (Å²) in [7, 11) is 0. The van der Waals surface area contributed by atoms with Gasteiger partial charge in [-0.1, -0.05) is 0 Å². The van der Waals surface area contributed by atoms with Crippen molar-refractivity contribution in [1.82, 2.24) is 15.1 Å². The number of carbonyl (C=O) groups excluding carboxylic acids is 3. The van der Waals surface area contributed by atoms with Crippen LogP contribution in [0, 0.1) is 5.92 Å². The van der Waals surface area contributed by atoms with Gasteiger partial charge >= 0.3 is 6.03 Å². The van der Waals surface area contributed by atoms with Crippen LogP contribution in [0.15, 0.2) is 0 Å². The third-order valence-corrected chi connectivity index (χ3v) is 4.80. The van der Waals surface area contributed by atoms with Gasteiger partial charge in [0.25, 0.3) is 5.91 Å². The number of likely N-dealkylation sites (tertiary alicyclic amines) is 1. The van der Waals surface area contributed by atoms with E-state index < -0.39 is 11.6 Å². The lowest BCUT2D eigenvalue weighted by atomic mass is 9.96. The predicted molar refractivity (Wildman–Crippen MR) is 82.4 cm³/mol. The second-order valence-electron chi connectivity index (χ2n) is 6.54. The molecule has 2 unspecified atom stereocenters.